The van der Waals surface area contributed by atoms with Gasteiger partial charge in [-0.1, -0.05) is 0 Å². The molecule has 3 saturated carbocycles. The van der Waals surface area contributed by atoms with Crippen molar-refractivity contribution in [2.45, 2.75) is 57.4 Å². The maximum absolute atomic E-state index is 16.2. The number of aliphatic hydroxyl groups is 2. The summed E-state index contributed by atoms with van der Waals surface area (Å²) in [5.74, 6) is -3.04. The zero-order valence-electron chi connectivity index (χ0n) is 21.8. The topological polar surface area (TPSA) is 162 Å². The van der Waals surface area contributed by atoms with E-state index in [1.54, 1.807) is 20.0 Å². The SMILES string of the molecule is CC(C)(C(O)O)n1cc(-c2nc(-c3c[nH]c4ncc(F)cc34)nc(N[C@H]3C4CCC(CC4)[C@@H]3C(=O)O)c2F)cn1. The lowest BCUT2D eigenvalue weighted by Gasteiger charge is -2.47. The summed E-state index contributed by atoms with van der Waals surface area (Å²) in [7, 11) is 0. The van der Waals surface area contributed by atoms with Gasteiger partial charge in [-0.2, -0.15) is 5.10 Å². The summed E-state index contributed by atoms with van der Waals surface area (Å²) in [4.78, 5) is 28.2. The van der Waals surface area contributed by atoms with Gasteiger partial charge in [0.2, 0.25) is 0 Å². The van der Waals surface area contributed by atoms with E-state index < -0.39 is 41.4 Å². The lowest BCUT2D eigenvalue weighted by Crippen LogP contribution is -2.51. The van der Waals surface area contributed by atoms with E-state index in [1.165, 1.54) is 23.1 Å². The fourth-order valence-corrected chi connectivity index (χ4v) is 6.07. The van der Waals surface area contributed by atoms with Crippen molar-refractivity contribution in [3.63, 3.8) is 0 Å². The zero-order chi connectivity index (χ0) is 28.3. The first kappa shape index (κ1) is 26.3. The second-order valence-corrected chi connectivity index (χ2v) is 11.2. The summed E-state index contributed by atoms with van der Waals surface area (Å²) in [6, 6.07) is 0.751. The number of rotatable bonds is 7. The zero-order valence-corrected chi connectivity index (χ0v) is 21.8. The van der Waals surface area contributed by atoms with E-state index in [0.29, 0.717) is 16.6 Å². The maximum atomic E-state index is 16.2. The largest absolute Gasteiger partial charge is 0.481 e. The van der Waals surface area contributed by atoms with Crippen LogP contribution in [0.4, 0.5) is 14.6 Å². The molecule has 0 saturated heterocycles. The third kappa shape index (κ3) is 4.29. The van der Waals surface area contributed by atoms with E-state index in [-0.39, 0.29) is 34.7 Å². The minimum Gasteiger partial charge on any atom is -0.481 e. The summed E-state index contributed by atoms with van der Waals surface area (Å²) < 4.78 is 31.6. The molecule has 11 nitrogen and oxygen atoms in total. The smallest absolute Gasteiger partial charge is 0.308 e. The highest BCUT2D eigenvalue weighted by Crippen LogP contribution is 2.47. The highest BCUT2D eigenvalue weighted by Gasteiger charge is 2.47. The first-order valence-electron chi connectivity index (χ1n) is 13.2. The summed E-state index contributed by atoms with van der Waals surface area (Å²) in [5.41, 5.74) is -0.343. The molecule has 0 amide bonds. The van der Waals surface area contributed by atoms with Crippen molar-refractivity contribution in [3.8, 4) is 22.6 Å². The number of hydrogen-bond acceptors (Lipinski definition) is 8. The van der Waals surface area contributed by atoms with Crippen LogP contribution in [0.3, 0.4) is 0 Å². The van der Waals surface area contributed by atoms with Crippen LogP contribution in [-0.4, -0.2) is 63.3 Å². The summed E-state index contributed by atoms with van der Waals surface area (Å²) in [5, 5.41) is 37.3. The molecule has 3 fully saturated rings. The molecular formula is C27H29F2N7O4. The number of aromatic nitrogens is 6. The molecule has 4 heterocycles. The summed E-state index contributed by atoms with van der Waals surface area (Å²) in [6.45, 7) is 3.11. The van der Waals surface area contributed by atoms with E-state index in [2.05, 4.69) is 30.4 Å². The number of anilines is 1. The fourth-order valence-electron chi connectivity index (χ4n) is 6.07. The number of fused-ring (bicyclic) bond motifs is 4. The van der Waals surface area contributed by atoms with E-state index in [0.717, 1.165) is 31.9 Å². The monoisotopic (exact) mass is 553 g/mol. The molecule has 210 valence electrons. The van der Waals surface area contributed by atoms with Gasteiger partial charge in [-0.15, -0.1) is 0 Å². The normalized spacial score (nSPS) is 22.8. The third-order valence-corrected chi connectivity index (χ3v) is 8.48. The Kier molecular flexibility index (Phi) is 6.30. The molecule has 2 atom stereocenters. The summed E-state index contributed by atoms with van der Waals surface area (Å²) >= 11 is 0. The number of nitrogens with one attached hydrogen (secondary N) is 2. The average molecular weight is 554 g/mol. The van der Waals surface area contributed by atoms with Crippen LogP contribution in [-0.2, 0) is 10.3 Å². The lowest BCUT2D eigenvalue weighted by molar-refractivity contribution is -0.148. The Bertz CT molecular complexity index is 1590. The Morgan fingerprint density at radius 2 is 1.88 bits per heavy atom. The molecule has 4 aromatic rings. The Hall–Kier alpha value is -3.97. The van der Waals surface area contributed by atoms with Gasteiger partial charge in [0.25, 0.3) is 0 Å². The van der Waals surface area contributed by atoms with Crippen molar-refractivity contribution in [3.05, 3.63) is 42.5 Å². The van der Waals surface area contributed by atoms with Crippen molar-refractivity contribution in [2.75, 3.05) is 5.32 Å². The molecule has 40 heavy (non-hydrogen) atoms. The van der Waals surface area contributed by atoms with Crippen LogP contribution in [0.25, 0.3) is 33.7 Å². The van der Waals surface area contributed by atoms with E-state index in [4.69, 9.17) is 0 Å². The minimum absolute atomic E-state index is 0.00289. The van der Waals surface area contributed by atoms with Crippen molar-refractivity contribution in [2.24, 2.45) is 17.8 Å². The number of H-pyrrole nitrogens is 1. The van der Waals surface area contributed by atoms with E-state index in [1.807, 2.05) is 0 Å². The number of pyridine rings is 1. The van der Waals surface area contributed by atoms with Gasteiger partial charge in [0.15, 0.2) is 23.7 Å². The van der Waals surface area contributed by atoms with Crippen LogP contribution < -0.4 is 5.32 Å². The molecule has 0 aromatic carbocycles. The molecule has 5 N–H and O–H groups in total. The van der Waals surface area contributed by atoms with Gasteiger partial charge in [0.05, 0.1) is 18.3 Å². The Morgan fingerprint density at radius 1 is 1.15 bits per heavy atom. The maximum Gasteiger partial charge on any atom is 0.308 e. The Balaban J connectivity index is 1.49. The van der Waals surface area contributed by atoms with Crippen molar-refractivity contribution in [1.82, 2.24) is 29.7 Å². The number of aliphatic carboxylic acids is 1. The molecular weight excluding hydrogens is 524 g/mol. The highest BCUT2D eigenvalue weighted by molar-refractivity contribution is 5.92. The van der Waals surface area contributed by atoms with Crippen LogP contribution in [0.2, 0.25) is 0 Å². The Labute approximate surface area is 227 Å². The second kappa shape index (κ2) is 9.59. The average Bonchev–Trinajstić information content (AvgIpc) is 3.58. The second-order valence-electron chi connectivity index (χ2n) is 11.2. The molecule has 4 aromatic heterocycles. The van der Waals surface area contributed by atoms with E-state index >= 15 is 4.39 Å². The molecule has 3 aliphatic carbocycles. The van der Waals surface area contributed by atoms with Crippen LogP contribution in [0, 0.1) is 29.4 Å². The van der Waals surface area contributed by atoms with Crippen LogP contribution >= 0.6 is 0 Å². The van der Waals surface area contributed by atoms with Gasteiger partial charge in [0, 0.05) is 34.9 Å². The number of aliphatic hydroxyl groups excluding tert-OH is 1. The van der Waals surface area contributed by atoms with Crippen LogP contribution in [0.1, 0.15) is 39.5 Å². The van der Waals surface area contributed by atoms with Gasteiger partial charge >= 0.3 is 5.97 Å². The first-order valence-corrected chi connectivity index (χ1v) is 13.2. The van der Waals surface area contributed by atoms with Crippen molar-refractivity contribution >= 4 is 22.8 Å². The lowest BCUT2D eigenvalue weighted by atomic mass is 9.61. The number of carbonyl (C=O) groups is 1. The number of halogens is 2. The predicted octanol–water partition coefficient (Wildman–Crippen LogP) is 3.51. The summed E-state index contributed by atoms with van der Waals surface area (Å²) in [6.07, 6.45) is 7.00. The molecule has 13 heteroatoms. The van der Waals surface area contributed by atoms with Gasteiger partial charge in [0.1, 0.15) is 22.7 Å². The van der Waals surface area contributed by atoms with Crippen LogP contribution in [0.15, 0.2) is 30.9 Å². The molecule has 0 unspecified atom stereocenters. The third-order valence-electron chi connectivity index (χ3n) is 8.48. The number of hydrogen-bond donors (Lipinski definition) is 5. The fraction of sp³-hybridized carbons (Fsp3) is 0.444. The molecule has 0 aliphatic heterocycles. The first-order chi connectivity index (χ1) is 19.0. The number of aromatic amines is 1. The standard InChI is InChI=1S/C27H29F2N7O4/c1-27(2,26(39)40)36-11-14(8-32-36)21-19(29)24(33-20-13-5-3-12(4-6-13)18(20)25(37)38)35-23(34-21)17-10-31-22-16(17)7-15(28)9-30-22/h7-13,18,20,26,39-40H,3-6H2,1-2H3,(H,30,31)(H,37,38)(H,33,34,35)/t12?,13?,18-,20-/m0/s1. The predicted molar refractivity (Wildman–Crippen MR) is 140 cm³/mol. The van der Waals surface area contributed by atoms with Crippen molar-refractivity contribution in [1.29, 1.82) is 0 Å². The van der Waals surface area contributed by atoms with Crippen LogP contribution in [0.5, 0.6) is 0 Å². The molecule has 3 aliphatic rings. The van der Waals surface area contributed by atoms with Gasteiger partial charge in [-0.3, -0.25) is 9.48 Å². The highest BCUT2D eigenvalue weighted by atomic mass is 19.1. The van der Waals surface area contributed by atoms with Gasteiger partial charge in [-0.05, 0) is 57.4 Å². The molecule has 2 bridgehead atoms. The quantitative estimate of drug-likeness (QED) is 0.216. The number of carboxylic acids is 1. The Morgan fingerprint density at radius 3 is 2.58 bits per heavy atom. The van der Waals surface area contributed by atoms with Gasteiger partial charge in [-0.25, -0.2) is 23.7 Å². The molecule has 0 spiro atoms. The van der Waals surface area contributed by atoms with Crippen molar-refractivity contribution < 1.29 is 28.9 Å². The minimum atomic E-state index is -1.74. The number of nitrogens with zero attached hydrogens (tertiary/aromatic N) is 5. The number of carboxylic acid groups (broad SMARTS) is 1. The van der Waals surface area contributed by atoms with Gasteiger partial charge < -0.3 is 25.6 Å². The molecule has 7 rings (SSSR count). The van der Waals surface area contributed by atoms with E-state index in [9.17, 15) is 24.5 Å². The molecule has 0 radical (unpaired) electrons.